The molecule has 1 aromatic carbocycles. The second-order valence-electron chi connectivity index (χ2n) is 3.88. The van der Waals surface area contributed by atoms with Crippen molar-refractivity contribution in [1.29, 1.82) is 0 Å². The first-order chi connectivity index (χ1) is 7.90. The normalized spacial score (nSPS) is 11.2. The van der Waals surface area contributed by atoms with Crippen LogP contribution in [0.3, 0.4) is 0 Å². The van der Waals surface area contributed by atoms with E-state index in [-0.39, 0.29) is 18.1 Å². The van der Waals surface area contributed by atoms with Gasteiger partial charge in [-0.15, -0.1) is 0 Å². The Morgan fingerprint density at radius 2 is 1.94 bits per heavy atom. The Kier molecular flexibility index (Phi) is 4.69. The molecule has 0 heterocycles. The molecule has 4 nitrogen and oxygen atoms in total. The van der Waals surface area contributed by atoms with Crippen molar-refractivity contribution in [2.75, 3.05) is 18.6 Å². The third-order valence-electron chi connectivity index (χ3n) is 2.18. The molecule has 0 spiro atoms. The Hall–Kier alpha value is -1.36. The Bertz CT molecular complexity index is 491. The molecular formula is C12H16O4S. The van der Waals surface area contributed by atoms with Crippen LogP contribution in [0.4, 0.5) is 0 Å². The van der Waals surface area contributed by atoms with Gasteiger partial charge in [0.2, 0.25) is 0 Å². The lowest BCUT2D eigenvalue weighted by Gasteiger charge is -2.08. The highest BCUT2D eigenvalue weighted by Crippen LogP contribution is 2.18. The van der Waals surface area contributed by atoms with Gasteiger partial charge in [-0.3, -0.25) is 4.79 Å². The minimum Gasteiger partial charge on any atom is -0.493 e. The summed E-state index contributed by atoms with van der Waals surface area (Å²) in [5.74, 6) is 0.534. The van der Waals surface area contributed by atoms with E-state index in [1.165, 1.54) is 13.2 Å². The van der Waals surface area contributed by atoms with Crippen molar-refractivity contribution in [3.8, 4) is 5.75 Å². The minimum atomic E-state index is -2.95. The molecule has 0 radical (unpaired) electrons. The molecule has 0 saturated heterocycles. The van der Waals surface area contributed by atoms with E-state index in [1.54, 1.807) is 24.3 Å². The van der Waals surface area contributed by atoms with Crippen LogP contribution in [-0.4, -0.2) is 32.8 Å². The summed E-state index contributed by atoms with van der Waals surface area (Å²) in [5, 5.41) is 0. The molecule has 0 fully saturated rings. The molecule has 0 aliphatic carbocycles. The maximum atomic E-state index is 11.3. The van der Waals surface area contributed by atoms with Crippen LogP contribution in [0.1, 0.15) is 23.7 Å². The second-order valence-corrected chi connectivity index (χ2v) is 6.14. The number of benzene rings is 1. The molecule has 0 N–H and O–H groups in total. The lowest BCUT2D eigenvalue weighted by molar-refractivity contribution is 0.101. The number of Topliss-reactive ketones (excluding diaryl/α,β-unsaturated/α-hetero) is 1. The van der Waals surface area contributed by atoms with Gasteiger partial charge in [0, 0.05) is 6.26 Å². The monoisotopic (exact) mass is 256 g/mol. The maximum absolute atomic E-state index is 11.3. The predicted octanol–water partition coefficient (Wildman–Crippen LogP) is 1.70. The van der Waals surface area contributed by atoms with Crippen molar-refractivity contribution in [2.45, 2.75) is 13.3 Å². The second kappa shape index (κ2) is 5.82. The van der Waals surface area contributed by atoms with Gasteiger partial charge in [0.25, 0.3) is 0 Å². The third-order valence-corrected chi connectivity index (χ3v) is 3.21. The SMILES string of the molecule is CC(=O)c1ccccc1OCCCS(C)(=O)=O. The smallest absolute Gasteiger partial charge is 0.163 e. The summed E-state index contributed by atoms with van der Waals surface area (Å²) in [7, 11) is -2.95. The molecule has 0 aliphatic heterocycles. The van der Waals surface area contributed by atoms with Gasteiger partial charge < -0.3 is 4.74 Å². The summed E-state index contributed by atoms with van der Waals surface area (Å²) in [6, 6.07) is 6.93. The highest BCUT2D eigenvalue weighted by Gasteiger charge is 2.07. The van der Waals surface area contributed by atoms with E-state index in [0.717, 1.165) is 0 Å². The van der Waals surface area contributed by atoms with Crippen LogP contribution in [0.5, 0.6) is 5.75 Å². The zero-order valence-corrected chi connectivity index (χ0v) is 10.8. The van der Waals surface area contributed by atoms with Gasteiger partial charge in [0.15, 0.2) is 5.78 Å². The zero-order valence-electron chi connectivity index (χ0n) is 9.97. The first-order valence-electron chi connectivity index (χ1n) is 5.30. The summed E-state index contributed by atoms with van der Waals surface area (Å²) in [6.45, 7) is 1.76. The van der Waals surface area contributed by atoms with Gasteiger partial charge in [0.05, 0.1) is 17.9 Å². The van der Waals surface area contributed by atoms with Gasteiger partial charge >= 0.3 is 0 Å². The van der Waals surface area contributed by atoms with E-state index in [9.17, 15) is 13.2 Å². The molecule has 1 aromatic rings. The third kappa shape index (κ3) is 4.99. The first kappa shape index (κ1) is 13.7. The number of ether oxygens (including phenoxy) is 1. The molecule has 0 aromatic heterocycles. The summed E-state index contributed by atoms with van der Waals surface area (Å²) >= 11 is 0. The molecular weight excluding hydrogens is 240 g/mol. The molecule has 17 heavy (non-hydrogen) atoms. The first-order valence-corrected chi connectivity index (χ1v) is 7.37. The lowest BCUT2D eigenvalue weighted by atomic mass is 10.1. The molecule has 0 aliphatic rings. The average molecular weight is 256 g/mol. The summed E-state index contributed by atoms with van der Waals surface area (Å²) < 4.78 is 27.2. The standard InChI is InChI=1S/C12H16O4S/c1-10(13)11-6-3-4-7-12(11)16-8-5-9-17(2,14)15/h3-4,6-7H,5,8-9H2,1-2H3. The molecule has 0 atom stereocenters. The summed E-state index contributed by atoms with van der Waals surface area (Å²) in [4.78, 5) is 11.3. The number of ketones is 1. The van der Waals surface area contributed by atoms with Crippen molar-refractivity contribution < 1.29 is 17.9 Å². The fourth-order valence-corrected chi connectivity index (χ4v) is 2.03. The van der Waals surface area contributed by atoms with Crippen molar-refractivity contribution in [3.63, 3.8) is 0 Å². The van der Waals surface area contributed by atoms with Crippen LogP contribution in [0.25, 0.3) is 0 Å². The Labute approximate surface area is 102 Å². The van der Waals surface area contributed by atoms with Crippen LogP contribution < -0.4 is 4.74 Å². The van der Waals surface area contributed by atoms with Gasteiger partial charge in [-0.25, -0.2) is 8.42 Å². The number of sulfone groups is 1. The van der Waals surface area contributed by atoms with E-state index in [0.29, 0.717) is 17.7 Å². The maximum Gasteiger partial charge on any atom is 0.163 e. The fourth-order valence-electron chi connectivity index (χ4n) is 1.39. The predicted molar refractivity (Wildman–Crippen MR) is 66.3 cm³/mol. The molecule has 0 amide bonds. The van der Waals surface area contributed by atoms with Crippen LogP contribution in [0, 0.1) is 0 Å². The number of hydrogen-bond donors (Lipinski definition) is 0. The van der Waals surface area contributed by atoms with Crippen LogP contribution in [0.15, 0.2) is 24.3 Å². The Morgan fingerprint density at radius 1 is 1.29 bits per heavy atom. The molecule has 0 unspecified atom stereocenters. The molecule has 94 valence electrons. The largest absolute Gasteiger partial charge is 0.493 e. The molecule has 0 bridgehead atoms. The highest BCUT2D eigenvalue weighted by molar-refractivity contribution is 7.90. The van der Waals surface area contributed by atoms with Crippen LogP contribution >= 0.6 is 0 Å². The van der Waals surface area contributed by atoms with Crippen molar-refractivity contribution in [3.05, 3.63) is 29.8 Å². The Balaban J connectivity index is 2.55. The van der Waals surface area contributed by atoms with Gasteiger partial charge in [-0.2, -0.15) is 0 Å². The van der Waals surface area contributed by atoms with Crippen molar-refractivity contribution in [1.82, 2.24) is 0 Å². The summed E-state index contributed by atoms with van der Waals surface area (Å²) in [5.41, 5.74) is 0.520. The van der Waals surface area contributed by atoms with Gasteiger partial charge in [-0.1, -0.05) is 12.1 Å². The number of carbonyl (C=O) groups is 1. The zero-order chi connectivity index (χ0) is 12.9. The Morgan fingerprint density at radius 3 is 2.53 bits per heavy atom. The number of para-hydroxylation sites is 1. The van der Waals surface area contributed by atoms with E-state index in [4.69, 9.17) is 4.74 Å². The lowest BCUT2D eigenvalue weighted by Crippen LogP contribution is -2.09. The molecule has 1 rings (SSSR count). The van der Waals surface area contributed by atoms with E-state index < -0.39 is 9.84 Å². The van der Waals surface area contributed by atoms with Crippen molar-refractivity contribution in [2.24, 2.45) is 0 Å². The van der Waals surface area contributed by atoms with Crippen molar-refractivity contribution >= 4 is 15.6 Å². The highest BCUT2D eigenvalue weighted by atomic mass is 32.2. The number of carbonyl (C=O) groups excluding carboxylic acids is 1. The number of rotatable bonds is 6. The molecule has 0 saturated carbocycles. The topological polar surface area (TPSA) is 60.4 Å². The quantitative estimate of drug-likeness (QED) is 0.574. The van der Waals surface area contributed by atoms with Gasteiger partial charge in [0.1, 0.15) is 15.6 Å². The van der Waals surface area contributed by atoms with Crippen LogP contribution in [0.2, 0.25) is 0 Å². The van der Waals surface area contributed by atoms with Crippen LogP contribution in [-0.2, 0) is 9.84 Å². The number of hydrogen-bond acceptors (Lipinski definition) is 4. The fraction of sp³-hybridized carbons (Fsp3) is 0.417. The van der Waals surface area contributed by atoms with Gasteiger partial charge in [-0.05, 0) is 25.5 Å². The average Bonchev–Trinajstić information content (AvgIpc) is 2.23. The molecule has 5 heteroatoms. The minimum absolute atomic E-state index is 0.0660. The summed E-state index contributed by atoms with van der Waals surface area (Å²) in [6.07, 6.45) is 1.61. The van der Waals surface area contributed by atoms with E-state index >= 15 is 0 Å². The van der Waals surface area contributed by atoms with E-state index in [2.05, 4.69) is 0 Å². The van der Waals surface area contributed by atoms with E-state index in [1.807, 2.05) is 0 Å².